The van der Waals surface area contributed by atoms with E-state index >= 15 is 0 Å². The fourth-order valence-corrected chi connectivity index (χ4v) is 1.77. The van der Waals surface area contributed by atoms with Crippen LogP contribution in [0.1, 0.15) is 15.9 Å². The fourth-order valence-electron chi connectivity index (χ4n) is 1.77. The molecular weight excluding hydrogens is 240 g/mol. The van der Waals surface area contributed by atoms with Crippen molar-refractivity contribution in [1.82, 2.24) is 0 Å². The summed E-state index contributed by atoms with van der Waals surface area (Å²) in [6.45, 7) is 0. The number of benzene rings is 2. The summed E-state index contributed by atoms with van der Waals surface area (Å²) in [5.41, 5.74) is 7.06. The zero-order valence-electron chi connectivity index (χ0n) is 10.3. The van der Waals surface area contributed by atoms with Gasteiger partial charge in [-0.3, -0.25) is 9.59 Å². The van der Waals surface area contributed by atoms with Gasteiger partial charge in [0.2, 0.25) is 5.91 Å². The van der Waals surface area contributed by atoms with E-state index in [9.17, 15) is 9.59 Å². The van der Waals surface area contributed by atoms with E-state index in [-0.39, 0.29) is 12.3 Å². The summed E-state index contributed by atoms with van der Waals surface area (Å²) < 4.78 is 0. The van der Waals surface area contributed by atoms with Crippen LogP contribution in [0.25, 0.3) is 0 Å². The normalized spacial score (nSPS) is 9.89. The molecular formula is C15H14N2O2. The number of primary amides is 1. The fraction of sp³-hybridized carbons (Fsp3) is 0.0667. The third kappa shape index (κ3) is 3.42. The number of rotatable bonds is 4. The van der Waals surface area contributed by atoms with E-state index in [0.29, 0.717) is 16.8 Å². The molecule has 0 aliphatic heterocycles. The van der Waals surface area contributed by atoms with Gasteiger partial charge in [0, 0.05) is 11.3 Å². The Bertz CT molecular complexity index is 594. The van der Waals surface area contributed by atoms with Gasteiger partial charge in [0.15, 0.2) is 0 Å². The second-order valence-corrected chi connectivity index (χ2v) is 4.12. The summed E-state index contributed by atoms with van der Waals surface area (Å²) in [5.74, 6) is -0.640. The first kappa shape index (κ1) is 12.8. The molecule has 2 rings (SSSR count). The molecule has 4 nitrogen and oxygen atoms in total. The van der Waals surface area contributed by atoms with Gasteiger partial charge in [0.05, 0.1) is 6.42 Å². The van der Waals surface area contributed by atoms with E-state index in [0.717, 1.165) is 0 Å². The van der Waals surface area contributed by atoms with E-state index in [1.54, 1.807) is 48.5 Å². The van der Waals surface area contributed by atoms with Crippen LogP contribution in [-0.2, 0) is 11.2 Å². The molecule has 0 unspecified atom stereocenters. The Balaban J connectivity index is 2.19. The molecule has 0 fully saturated rings. The van der Waals surface area contributed by atoms with Gasteiger partial charge in [0.1, 0.15) is 0 Å². The highest BCUT2D eigenvalue weighted by molar-refractivity contribution is 6.04. The zero-order chi connectivity index (χ0) is 13.7. The van der Waals surface area contributed by atoms with Crippen molar-refractivity contribution >= 4 is 17.5 Å². The minimum Gasteiger partial charge on any atom is -0.369 e. The first-order valence-corrected chi connectivity index (χ1v) is 5.89. The topological polar surface area (TPSA) is 72.2 Å². The SMILES string of the molecule is NC(=O)Cc1ccccc1NC(=O)c1ccccc1. The molecule has 2 aromatic rings. The predicted octanol–water partition coefficient (Wildman–Crippen LogP) is 1.97. The Hall–Kier alpha value is -2.62. The van der Waals surface area contributed by atoms with Crippen molar-refractivity contribution in [3.8, 4) is 0 Å². The van der Waals surface area contributed by atoms with E-state index in [4.69, 9.17) is 5.73 Å². The van der Waals surface area contributed by atoms with Crippen LogP contribution in [-0.4, -0.2) is 11.8 Å². The number of hydrogen-bond donors (Lipinski definition) is 2. The lowest BCUT2D eigenvalue weighted by Gasteiger charge is -2.09. The number of carbonyl (C=O) groups excluding carboxylic acids is 2. The second-order valence-electron chi connectivity index (χ2n) is 4.12. The molecule has 0 heterocycles. The van der Waals surface area contributed by atoms with Crippen LogP contribution in [0.3, 0.4) is 0 Å². The number of amides is 2. The second kappa shape index (κ2) is 5.82. The summed E-state index contributed by atoms with van der Waals surface area (Å²) in [6, 6.07) is 16.0. The van der Waals surface area contributed by atoms with Gasteiger partial charge < -0.3 is 11.1 Å². The van der Waals surface area contributed by atoms with Crippen LogP contribution in [0, 0.1) is 0 Å². The Kier molecular flexibility index (Phi) is 3.93. The lowest BCUT2D eigenvalue weighted by atomic mass is 10.1. The Morgan fingerprint density at radius 2 is 1.58 bits per heavy atom. The van der Waals surface area contributed by atoms with Gasteiger partial charge in [-0.05, 0) is 23.8 Å². The number of carbonyl (C=O) groups is 2. The van der Waals surface area contributed by atoms with Gasteiger partial charge in [-0.1, -0.05) is 36.4 Å². The number of anilines is 1. The highest BCUT2D eigenvalue weighted by Crippen LogP contribution is 2.16. The quantitative estimate of drug-likeness (QED) is 0.875. The molecule has 96 valence electrons. The average Bonchev–Trinajstić information content (AvgIpc) is 2.41. The van der Waals surface area contributed by atoms with Gasteiger partial charge in [0.25, 0.3) is 5.91 Å². The summed E-state index contributed by atoms with van der Waals surface area (Å²) in [4.78, 5) is 23.0. The maximum Gasteiger partial charge on any atom is 0.255 e. The molecule has 2 amide bonds. The molecule has 0 saturated heterocycles. The average molecular weight is 254 g/mol. The highest BCUT2D eigenvalue weighted by Gasteiger charge is 2.09. The minimum atomic E-state index is -0.429. The molecule has 0 radical (unpaired) electrons. The third-order valence-corrected chi connectivity index (χ3v) is 2.67. The number of para-hydroxylation sites is 1. The largest absolute Gasteiger partial charge is 0.369 e. The highest BCUT2D eigenvalue weighted by atomic mass is 16.2. The molecule has 2 aromatic carbocycles. The Morgan fingerprint density at radius 1 is 0.947 bits per heavy atom. The zero-order valence-corrected chi connectivity index (χ0v) is 10.3. The van der Waals surface area contributed by atoms with Crippen LogP contribution in [0.4, 0.5) is 5.69 Å². The molecule has 0 saturated carbocycles. The Labute approximate surface area is 111 Å². The van der Waals surface area contributed by atoms with Gasteiger partial charge >= 0.3 is 0 Å². The number of hydrogen-bond acceptors (Lipinski definition) is 2. The van der Waals surface area contributed by atoms with Crippen molar-refractivity contribution in [3.63, 3.8) is 0 Å². The lowest BCUT2D eigenvalue weighted by Crippen LogP contribution is -2.17. The molecule has 3 N–H and O–H groups in total. The van der Waals surface area contributed by atoms with E-state index in [2.05, 4.69) is 5.32 Å². The number of nitrogens with one attached hydrogen (secondary N) is 1. The molecule has 0 aliphatic rings. The van der Waals surface area contributed by atoms with Crippen molar-refractivity contribution in [2.24, 2.45) is 5.73 Å². The monoisotopic (exact) mass is 254 g/mol. The molecule has 0 spiro atoms. The van der Waals surface area contributed by atoms with Crippen LogP contribution in [0.15, 0.2) is 54.6 Å². The first-order valence-electron chi connectivity index (χ1n) is 5.89. The lowest BCUT2D eigenvalue weighted by molar-refractivity contribution is -0.117. The summed E-state index contributed by atoms with van der Waals surface area (Å²) in [5, 5.41) is 2.79. The standard InChI is InChI=1S/C15H14N2O2/c16-14(18)10-12-8-4-5-9-13(12)17-15(19)11-6-2-1-3-7-11/h1-9H,10H2,(H2,16,18)(H,17,19). The predicted molar refractivity (Wildman–Crippen MR) is 73.7 cm³/mol. The minimum absolute atomic E-state index is 0.102. The molecule has 0 aliphatic carbocycles. The van der Waals surface area contributed by atoms with Crippen LogP contribution >= 0.6 is 0 Å². The molecule has 0 atom stereocenters. The van der Waals surface area contributed by atoms with Gasteiger partial charge in [-0.15, -0.1) is 0 Å². The van der Waals surface area contributed by atoms with Gasteiger partial charge in [-0.25, -0.2) is 0 Å². The van der Waals surface area contributed by atoms with Crippen molar-refractivity contribution in [1.29, 1.82) is 0 Å². The van der Waals surface area contributed by atoms with Crippen LogP contribution < -0.4 is 11.1 Å². The van der Waals surface area contributed by atoms with E-state index in [1.165, 1.54) is 0 Å². The summed E-state index contributed by atoms with van der Waals surface area (Å²) >= 11 is 0. The smallest absolute Gasteiger partial charge is 0.255 e. The molecule has 19 heavy (non-hydrogen) atoms. The van der Waals surface area contributed by atoms with E-state index < -0.39 is 5.91 Å². The maximum absolute atomic E-state index is 12.0. The van der Waals surface area contributed by atoms with E-state index in [1.807, 2.05) is 6.07 Å². The molecule has 0 aromatic heterocycles. The summed E-state index contributed by atoms with van der Waals surface area (Å²) in [7, 11) is 0. The Morgan fingerprint density at radius 3 is 2.26 bits per heavy atom. The molecule has 4 heteroatoms. The third-order valence-electron chi connectivity index (χ3n) is 2.67. The van der Waals surface area contributed by atoms with Crippen molar-refractivity contribution in [2.75, 3.05) is 5.32 Å². The number of nitrogens with two attached hydrogens (primary N) is 1. The molecule has 0 bridgehead atoms. The van der Waals surface area contributed by atoms with Crippen molar-refractivity contribution in [2.45, 2.75) is 6.42 Å². The van der Waals surface area contributed by atoms with Crippen molar-refractivity contribution < 1.29 is 9.59 Å². The van der Waals surface area contributed by atoms with Crippen LogP contribution in [0.5, 0.6) is 0 Å². The van der Waals surface area contributed by atoms with Gasteiger partial charge in [-0.2, -0.15) is 0 Å². The van der Waals surface area contributed by atoms with Crippen LogP contribution in [0.2, 0.25) is 0 Å². The maximum atomic E-state index is 12.0. The summed E-state index contributed by atoms with van der Waals surface area (Å²) in [6.07, 6.45) is 0.102. The van der Waals surface area contributed by atoms with Crippen molar-refractivity contribution in [3.05, 3.63) is 65.7 Å². The first-order chi connectivity index (χ1) is 9.16.